The first-order valence-electron chi connectivity index (χ1n) is 9.56. The van der Waals surface area contributed by atoms with Crippen LogP contribution in [-0.2, 0) is 7.05 Å². The summed E-state index contributed by atoms with van der Waals surface area (Å²) in [5.74, 6) is -0.623. The van der Waals surface area contributed by atoms with Gasteiger partial charge in [-0.15, -0.1) is 8.78 Å². The van der Waals surface area contributed by atoms with Crippen LogP contribution in [0.3, 0.4) is 0 Å². The van der Waals surface area contributed by atoms with Crippen LogP contribution >= 0.6 is 15.9 Å². The molecule has 0 spiro atoms. The number of ether oxygens (including phenoxy) is 2. The molecule has 2 aromatic heterocycles. The summed E-state index contributed by atoms with van der Waals surface area (Å²) in [7, 11) is 1.64. The van der Waals surface area contributed by atoms with E-state index in [9.17, 15) is 18.7 Å². The van der Waals surface area contributed by atoms with Crippen molar-refractivity contribution in [3.8, 4) is 45.3 Å². The van der Waals surface area contributed by atoms with E-state index < -0.39 is 12.3 Å². The van der Waals surface area contributed by atoms with E-state index in [4.69, 9.17) is 4.42 Å². The maximum Gasteiger partial charge on any atom is 0.586 e. The van der Waals surface area contributed by atoms with Gasteiger partial charge in [-0.05, 0) is 36.4 Å². The molecule has 0 unspecified atom stereocenters. The van der Waals surface area contributed by atoms with Crippen molar-refractivity contribution in [2.75, 3.05) is 0 Å². The molecule has 2 aromatic carbocycles. The maximum atomic E-state index is 13.5. The molecule has 11 heteroatoms. The maximum absolute atomic E-state index is 13.5. The van der Waals surface area contributed by atoms with Gasteiger partial charge in [-0.1, -0.05) is 22.0 Å². The van der Waals surface area contributed by atoms with E-state index in [-0.39, 0.29) is 17.2 Å². The number of fused-ring (bicyclic) bond motifs is 1. The minimum Gasteiger partial charge on any atom is -0.476 e. The van der Waals surface area contributed by atoms with Crippen molar-refractivity contribution in [3.05, 3.63) is 58.5 Å². The molecule has 0 fully saturated rings. The molecule has 168 valence electrons. The minimum atomic E-state index is -3.73. The van der Waals surface area contributed by atoms with Crippen molar-refractivity contribution >= 4 is 21.9 Å². The molecule has 0 amide bonds. The van der Waals surface area contributed by atoms with Crippen LogP contribution in [0.15, 0.2) is 51.4 Å². The zero-order chi connectivity index (χ0) is 23.5. The molecule has 33 heavy (non-hydrogen) atoms. The number of oxazole rings is 1. The van der Waals surface area contributed by atoms with Crippen LogP contribution in [0.2, 0.25) is 0 Å². The van der Waals surface area contributed by atoms with Crippen molar-refractivity contribution < 1.29 is 32.6 Å². The van der Waals surface area contributed by atoms with Crippen LogP contribution in [0.4, 0.5) is 8.78 Å². The predicted octanol–water partition coefficient (Wildman–Crippen LogP) is 5.50. The Morgan fingerprint density at radius 3 is 2.58 bits per heavy atom. The lowest BCUT2D eigenvalue weighted by molar-refractivity contribution is -0.286. The second kappa shape index (κ2) is 7.41. The van der Waals surface area contributed by atoms with Crippen LogP contribution in [0.5, 0.6) is 11.5 Å². The van der Waals surface area contributed by atoms with E-state index >= 15 is 0 Å². The SMILES string of the molecule is Cc1nc(-c2ccc3c(c2)OC(F)(F)O3)c(-c2cc(Br)ccc2-c2cc(C(=O)O)nn2C)o1. The summed E-state index contributed by atoms with van der Waals surface area (Å²) < 4.78 is 44.1. The van der Waals surface area contributed by atoms with Gasteiger partial charge in [0.2, 0.25) is 0 Å². The fraction of sp³-hybridized carbons (Fsp3) is 0.136. The van der Waals surface area contributed by atoms with Gasteiger partial charge in [-0.2, -0.15) is 5.10 Å². The van der Waals surface area contributed by atoms with Crippen LogP contribution < -0.4 is 9.47 Å². The highest BCUT2D eigenvalue weighted by Gasteiger charge is 2.43. The molecular weight excluding hydrogens is 504 g/mol. The number of carboxylic acid groups (broad SMARTS) is 1. The molecule has 8 nitrogen and oxygen atoms in total. The molecule has 1 N–H and O–H groups in total. The Bertz CT molecular complexity index is 1430. The molecule has 0 saturated heterocycles. The Kier molecular flexibility index (Phi) is 4.74. The third-order valence-corrected chi connectivity index (χ3v) is 5.50. The molecule has 0 saturated carbocycles. The Morgan fingerprint density at radius 1 is 1.09 bits per heavy atom. The third kappa shape index (κ3) is 3.74. The number of carboxylic acids is 1. The summed E-state index contributed by atoms with van der Waals surface area (Å²) in [4.78, 5) is 15.9. The summed E-state index contributed by atoms with van der Waals surface area (Å²) in [6.45, 7) is 1.67. The Hall–Kier alpha value is -3.73. The summed E-state index contributed by atoms with van der Waals surface area (Å²) >= 11 is 3.46. The van der Waals surface area contributed by atoms with E-state index in [1.54, 1.807) is 38.2 Å². The van der Waals surface area contributed by atoms with Gasteiger partial charge in [0.15, 0.2) is 28.8 Å². The van der Waals surface area contributed by atoms with Gasteiger partial charge in [0.1, 0.15) is 5.69 Å². The van der Waals surface area contributed by atoms with Gasteiger partial charge >= 0.3 is 12.3 Å². The fourth-order valence-electron chi connectivity index (χ4n) is 3.65. The second-order valence-corrected chi connectivity index (χ2v) is 8.19. The standard InChI is InChI=1S/C22H14BrF2N3O5/c1-10-26-19(11-3-6-17-18(7-11)33-22(24,25)32-17)20(31-10)14-8-12(23)4-5-13(14)16-9-15(21(29)30)27-28(16)2/h3-9H,1-2H3,(H,29,30). The van der Waals surface area contributed by atoms with E-state index in [0.717, 1.165) is 4.47 Å². The summed E-state index contributed by atoms with van der Waals surface area (Å²) in [5, 5.41) is 13.4. The predicted molar refractivity (Wildman–Crippen MR) is 115 cm³/mol. The van der Waals surface area contributed by atoms with Crippen LogP contribution in [0.25, 0.3) is 33.8 Å². The molecule has 5 rings (SSSR count). The van der Waals surface area contributed by atoms with Gasteiger partial charge in [-0.3, -0.25) is 4.68 Å². The number of aryl methyl sites for hydroxylation is 2. The topological polar surface area (TPSA) is 99.6 Å². The first-order chi connectivity index (χ1) is 15.6. The van der Waals surface area contributed by atoms with Gasteiger partial charge < -0.3 is 19.0 Å². The highest BCUT2D eigenvalue weighted by Crippen LogP contribution is 2.45. The summed E-state index contributed by atoms with van der Waals surface area (Å²) in [6.07, 6.45) is -3.73. The quantitative estimate of drug-likeness (QED) is 0.381. The summed E-state index contributed by atoms with van der Waals surface area (Å²) in [6, 6.07) is 11.2. The van der Waals surface area contributed by atoms with Gasteiger partial charge in [0.25, 0.3) is 0 Å². The van der Waals surface area contributed by atoms with Crippen LogP contribution in [0.1, 0.15) is 16.4 Å². The van der Waals surface area contributed by atoms with Crippen LogP contribution in [-0.4, -0.2) is 32.1 Å². The number of alkyl halides is 2. The molecule has 4 aromatic rings. The lowest BCUT2D eigenvalue weighted by Crippen LogP contribution is -2.25. The zero-order valence-electron chi connectivity index (χ0n) is 17.1. The summed E-state index contributed by atoms with van der Waals surface area (Å²) in [5.41, 5.74) is 2.55. The second-order valence-electron chi connectivity index (χ2n) is 7.27. The first-order valence-corrected chi connectivity index (χ1v) is 10.4. The molecule has 0 atom stereocenters. The highest BCUT2D eigenvalue weighted by atomic mass is 79.9. The molecule has 1 aliphatic rings. The average Bonchev–Trinajstić information content (AvgIpc) is 3.40. The van der Waals surface area contributed by atoms with Crippen molar-refractivity contribution in [2.24, 2.45) is 7.05 Å². The third-order valence-electron chi connectivity index (χ3n) is 5.01. The van der Waals surface area contributed by atoms with E-state index in [1.807, 2.05) is 0 Å². The number of carbonyl (C=O) groups is 1. The fourth-order valence-corrected chi connectivity index (χ4v) is 4.01. The Morgan fingerprint density at radius 2 is 1.85 bits per heavy atom. The first kappa shape index (κ1) is 21.1. The van der Waals surface area contributed by atoms with Crippen molar-refractivity contribution in [1.82, 2.24) is 14.8 Å². The number of hydrogen-bond donors (Lipinski definition) is 1. The number of rotatable bonds is 4. The van der Waals surface area contributed by atoms with Crippen molar-refractivity contribution in [1.29, 1.82) is 0 Å². The van der Waals surface area contributed by atoms with Gasteiger partial charge in [0.05, 0.1) is 5.69 Å². The molecule has 1 aliphatic heterocycles. The van der Waals surface area contributed by atoms with Gasteiger partial charge in [-0.25, -0.2) is 9.78 Å². The Labute approximate surface area is 193 Å². The normalized spacial score (nSPS) is 14.0. The van der Waals surface area contributed by atoms with Crippen molar-refractivity contribution in [2.45, 2.75) is 13.2 Å². The van der Waals surface area contributed by atoms with Crippen LogP contribution in [0, 0.1) is 6.92 Å². The lowest BCUT2D eigenvalue weighted by Gasteiger charge is -2.10. The molecule has 3 heterocycles. The number of nitrogens with zero attached hydrogens (tertiary/aromatic N) is 3. The molecular formula is C22H14BrF2N3O5. The van der Waals surface area contributed by atoms with E-state index in [0.29, 0.717) is 39.7 Å². The monoisotopic (exact) mass is 517 g/mol. The smallest absolute Gasteiger partial charge is 0.476 e. The number of hydrogen-bond acceptors (Lipinski definition) is 6. The number of aromatic nitrogens is 3. The highest BCUT2D eigenvalue weighted by molar-refractivity contribution is 9.10. The number of aromatic carboxylic acids is 1. The van der Waals surface area contributed by atoms with E-state index in [2.05, 4.69) is 35.5 Å². The molecule has 0 aliphatic carbocycles. The lowest BCUT2D eigenvalue weighted by atomic mass is 9.98. The molecule has 0 radical (unpaired) electrons. The average molecular weight is 518 g/mol. The number of halogens is 3. The molecule has 0 bridgehead atoms. The van der Waals surface area contributed by atoms with Gasteiger partial charge in [0, 0.05) is 35.1 Å². The Balaban J connectivity index is 1.68. The van der Waals surface area contributed by atoms with E-state index in [1.165, 1.54) is 22.9 Å². The zero-order valence-corrected chi connectivity index (χ0v) is 18.7. The largest absolute Gasteiger partial charge is 0.586 e. The minimum absolute atomic E-state index is 0.0789. The number of benzene rings is 2. The van der Waals surface area contributed by atoms with Crippen molar-refractivity contribution in [3.63, 3.8) is 0 Å².